The van der Waals surface area contributed by atoms with E-state index in [0.717, 1.165) is 44.6 Å². The predicted molar refractivity (Wildman–Crippen MR) is 69.8 cm³/mol. The molecule has 1 N–H and O–H groups in total. The van der Waals surface area contributed by atoms with E-state index in [-0.39, 0.29) is 6.42 Å². The van der Waals surface area contributed by atoms with Crippen molar-refractivity contribution in [3.05, 3.63) is 10.0 Å². The molecule has 7 heteroatoms. The van der Waals surface area contributed by atoms with Gasteiger partial charge >= 0.3 is 5.97 Å². The van der Waals surface area contributed by atoms with Crippen LogP contribution in [0.25, 0.3) is 0 Å². The van der Waals surface area contributed by atoms with E-state index in [1.807, 2.05) is 0 Å². The minimum absolute atomic E-state index is 0.261. The Morgan fingerprint density at radius 1 is 1.61 bits per heavy atom. The number of hydrogen-bond acceptors (Lipinski definition) is 5. The Kier molecular flexibility index (Phi) is 4.91. The molecule has 1 aliphatic rings. The van der Waals surface area contributed by atoms with Crippen molar-refractivity contribution in [2.24, 2.45) is 5.92 Å². The number of hydrogen-bond donors (Lipinski definition) is 1. The fourth-order valence-corrected chi connectivity index (χ4v) is 2.97. The zero-order chi connectivity index (χ0) is 13.0. The van der Waals surface area contributed by atoms with Gasteiger partial charge in [-0.2, -0.15) is 0 Å². The number of aromatic nitrogens is 2. The van der Waals surface area contributed by atoms with Gasteiger partial charge in [-0.05, 0) is 31.7 Å². The van der Waals surface area contributed by atoms with Crippen LogP contribution in [0.1, 0.15) is 31.4 Å². The molecule has 0 aliphatic carbocycles. The molecule has 0 radical (unpaired) electrons. The Morgan fingerprint density at radius 2 is 2.44 bits per heavy atom. The highest BCUT2D eigenvalue weighted by molar-refractivity contribution is 7.10. The van der Waals surface area contributed by atoms with Gasteiger partial charge in [0.25, 0.3) is 0 Å². The Balaban J connectivity index is 1.83. The van der Waals surface area contributed by atoms with Crippen LogP contribution in [0.2, 0.25) is 4.34 Å². The van der Waals surface area contributed by atoms with Crippen molar-refractivity contribution in [2.45, 2.75) is 32.2 Å². The second-order valence-corrected chi connectivity index (χ2v) is 6.03. The van der Waals surface area contributed by atoms with Crippen molar-refractivity contribution in [2.75, 3.05) is 13.1 Å². The first kappa shape index (κ1) is 13.7. The van der Waals surface area contributed by atoms with Crippen molar-refractivity contribution >= 4 is 29.1 Å². The molecule has 0 amide bonds. The third-order valence-electron chi connectivity index (χ3n) is 3.25. The van der Waals surface area contributed by atoms with Gasteiger partial charge in [-0.3, -0.25) is 9.69 Å². The number of carboxylic acid groups (broad SMARTS) is 1. The summed E-state index contributed by atoms with van der Waals surface area (Å²) in [7, 11) is 0. The van der Waals surface area contributed by atoms with Gasteiger partial charge in [0.15, 0.2) is 0 Å². The summed E-state index contributed by atoms with van der Waals surface area (Å²) in [5.41, 5.74) is 0.834. The highest BCUT2D eigenvalue weighted by Crippen LogP contribution is 2.24. The predicted octanol–water partition coefficient (Wildman–Crippen LogP) is 2.27. The average molecular weight is 290 g/mol. The second-order valence-electron chi connectivity index (χ2n) is 4.67. The average Bonchev–Trinajstić information content (AvgIpc) is 2.73. The largest absolute Gasteiger partial charge is 0.481 e. The molecule has 18 heavy (non-hydrogen) atoms. The summed E-state index contributed by atoms with van der Waals surface area (Å²) in [6, 6.07) is 0. The normalized spacial score (nSPS) is 21.1. The number of likely N-dealkylation sites (tertiary alicyclic amines) is 1. The zero-order valence-corrected chi connectivity index (χ0v) is 11.6. The van der Waals surface area contributed by atoms with Gasteiger partial charge in [-0.1, -0.05) is 16.1 Å². The summed E-state index contributed by atoms with van der Waals surface area (Å²) in [6.07, 6.45) is 3.25. The second kappa shape index (κ2) is 6.45. The number of nitrogens with zero attached hydrogens (tertiary/aromatic N) is 3. The lowest BCUT2D eigenvalue weighted by Gasteiger charge is -2.32. The molecule has 5 nitrogen and oxygen atoms in total. The van der Waals surface area contributed by atoms with Gasteiger partial charge in [-0.15, -0.1) is 5.10 Å². The van der Waals surface area contributed by atoms with Gasteiger partial charge in [0, 0.05) is 31.0 Å². The monoisotopic (exact) mass is 289 g/mol. The lowest BCUT2D eigenvalue weighted by atomic mass is 9.93. The van der Waals surface area contributed by atoms with Gasteiger partial charge in [0.05, 0.1) is 0 Å². The molecule has 0 saturated carbocycles. The van der Waals surface area contributed by atoms with Gasteiger partial charge in [0.2, 0.25) is 0 Å². The smallest absolute Gasteiger partial charge is 0.303 e. The first-order valence-electron chi connectivity index (χ1n) is 6.06. The molecule has 1 saturated heterocycles. The van der Waals surface area contributed by atoms with Gasteiger partial charge in [0.1, 0.15) is 10.0 Å². The third kappa shape index (κ3) is 3.90. The number of aliphatic carboxylic acids is 1. The Morgan fingerprint density at radius 3 is 3.11 bits per heavy atom. The Hall–Kier alpha value is -0.720. The van der Waals surface area contributed by atoms with Crippen LogP contribution >= 0.6 is 23.1 Å². The van der Waals surface area contributed by atoms with E-state index in [4.69, 9.17) is 16.7 Å². The molecule has 0 aromatic carbocycles. The Bertz CT molecular complexity index is 413. The summed E-state index contributed by atoms with van der Waals surface area (Å²) in [6.45, 7) is 2.68. The molecule has 1 aromatic rings. The van der Waals surface area contributed by atoms with Crippen molar-refractivity contribution in [1.29, 1.82) is 0 Å². The zero-order valence-electron chi connectivity index (χ0n) is 10.0. The first-order chi connectivity index (χ1) is 8.65. The van der Waals surface area contributed by atoms with Crippen LogP contribution in [0.3, 0.4) is 0 Å². The molecule has 2 rings (SSSR count). The number of halogens is 1. The molecule has 2 heterocycles. The molecular weight excluding hydrogens is 274 g/mol. The van der Waals surface area contributed by atoms with E-state index >= 15 is 0 Å². The molecule has 0 bridgehead atoms. The summed E-state index contributed by atoms with van der Waals surface area (Å²) < 4.78 is 4.48. The summed E-state index contributed by atoms with van der Waals surface area (Å²) >= 11 is 7.20. The number of piperidine rings is 1. The molecule has 1 aromatic heterocycles. The molecule has 1 fully saturated rings. The highest BCUT2D eigenvalue weighted by Gasteiger charge is 2.22. The number of rotatable bonds is 5. The number of carboxylic acids is 1. The highest BCUT2D eigenvalue weighted by atomic mass is 35.5. The number of carbonyl (C=O) groups is 1. The van der Waals surface area contributed by atoms with E-state index < -0.39 is 5.97 Å². The molecule has 100 valence electrons. The lowest BCUT2D eigenvalue weighted by molar-refractivity contribution is -0.137. The van der Waals surface area contributed by atoms with E-state index in [1.165, 1.54) is 11.5 Å². The standard InChI is InChI=1S/C11H16ClN3O2S/c12-11-9(13-14-18-11)7-15-5-1-2-8(6-15)3-4-10(16)17/h8H,1-7H2,(H,16,17). The van der Waals surface area contributed by atoms with Crippen molar-refractivity contribution in [3.63, 3.8) is 0 Å². The molecule has 1 unspecified atom stereocenters. The lowest BCUT2D eigenvalue weighted by Crippen LogP contribution is -2.35. The third-order valence-corrected chi connectivity index (χ3v) is 4.24. The molecule has 0 spiro atoms. The van der Waals surface area contributed by atoms with Crippen molar-refractivity contribution in [3.8, 4) is 0 Å². The summed E-state index contributed by atoms with van der Waals surface area (Å²) in [5.74, 6) is -0.237. The van der Waals surface area contributed by atoms with Crippen molar-refractivity contribution in [1.82, 2.24) is 14.5 Å². The van der Waals surface area contributed by atoms with Crippen LogP contribution in [0.5, 0.6) is 0 Å². The minimum Gasteiger partial charge on any atom is -0.481 e. The van der Waals surface area contributed by atoms with Crippen LogP contribution in [-0.2, 0) is 11.3 Å². The van der Waals surface area contributed by atoms with Crippen LogP contribution in [0.4, 0.5) is 0 Å². The van der Waals surface area contributed by atoms with Crippen LogP contribution in [0, 0.1) is 5.92 Å². The summed E-state index contributed by atoms with van der Waals surface area (Å²) in [4.78, 5) is 12.9. The van der Waals surface area contributed by atoms with Gasteiger partial charge < -0.3 is 5.11 Å². The minimum atomic E-state index is -0.709. The van der Waals surface area contributed by atoms with E-state index in [2.05, 4.69) is 14.5 Å². The maximum atomic E-state index is 10.6. The fourth-order valence-electron chi connectivity index (χ4n) is 2.36. The van der Waals surface area contributed by atoms with Crippen LogP contribution in [-0.4, -0.2) is 38.7 Å². The maximum absolute atomic E-state index is 10.6. The van der Waals surface area contributed by atoms with E-state index in [0.29, 0.717) is 10.3 Å². The van der Waals surface area contributed by atoms with Crippen LogP contribution in [0.15, 0.2) is 0 Å². The Labute approximate surface area is 115 Å². The van der Waals surface area contributed by atoms with E-state index in [1.54, 1.807) is 0 Å². The van der Waals surface area contributed by atoms with Crippen LogP contribution < -0.4 is 0 Å². The fraction of sp³-hybridized carbons (Fsp3) is 0.727. The van der Waals surface area contributed by atoms with Gasteiger partial charge in [-0.25, -0.2) is 0 Å². The van der Waals surface area contributed by atoms with E-state index in [9.17, 15) is 4.79 Å². The molecule has 1 atom stereocenters. The summed E-state index contributed by atoms with van der Waals surface area (Å²) in [5, 5.41) is 12.7. The molecular formula is C11H16ClN3O2S. The molecule has 1 aliphatic heterocycles. The maximum Gasteiger partial charge on any atom is 0.303 e. The SMILES string of the molecule is O=C(O)CCC1CCCN(Cc2nnsc2Cl)C1. The van der Waals surface area contributed by atoms with Crippen molar-refractivity contribution < 1.29 is 9.90 Å². The first-order valence-corrected chi connectivity index (χ1v) is 7.21. The topological polar surface area (TPSA) is 66.3 Å². The quantitative estimate of drug-likeness (QED) is 0.901.